The number of ether oxygens (including phenoxy) is 1. The van der Waals surface area contributed by atoms with Crippen LogP contribution in [0.3, 0.4) is 0 Å². The molecule has 0 N–H and O–H groups in total. The van der Waals surface area contributed by atoms with E-state index in [-0.39, 0.29) is 16.7 Å². The van der Waals surface area contributed by atoms with Crippen LogP contribution in [0.2, 0.25) is 0 Å². The lowest BCUT2D eigenvalue weighted by Gasteiger charge is -2.00. The van der Waals surface area contributed by atoms with Gasteiger partial charge < -0.3 is 4.74 Å². The van der Waals surface area contributed by atoms with Crippen molar-refractivity contribution in [3.8, 4) is 0 Å². The van der Waals surface area contributed by atoms with Crippen molar-refractivity contribution in [2.75, 3.05) is 12.4 Å². The summed E-state index contributed by atoms with van der Waals surface area (Å²) in [6, 6.07) is 6.10. The quantitative estimate of drug-likeness (QED) is 0.438. The number of rotatable bonds is 4. The number of nitro benzene ring substituents is 1. The average molecular weight is 227 g/mol. The second kappa shape index (κ2) is 4.08. The van der Waals surface area contributed by atoms with E-state index in [1.807, 2.05) is 0 Å². The van der Waals surface area contributed by atoms with Gasteiger partial charge in [0.15, 0.2) is 0 Å². The van der Waals surface area contributed by atoms with Crippen LogP contribution in [-0.4, -0.2) is 27.6 Å². The Kier molecular flexibility index (Phi) is 2.79. The fourth-order valence-electron chi connectivity index (χ4n) is 1.22. The van der Waals surface area contributed by atoms with E-state index in [9.17, 15) is 14.3 Å². The van der Waals surface area contributed by atoms with Crippen LogP contribution in [0.5, 0.6) is 0 Å². The van der Waals surface area contributed by atoms with Gasteiger partial charge in [0, 0.05) is 6.07 Å². The molecule has 6 heteroatoms. The van der Waals surface area contributed by atoms with Crippen LogP contribution >= 0.6 is 0 Å². The molecule has 1 heterocycles. The summed E-state index contributed by atoms with van der Waals surface area (Å²) in [6.45, 7) is 0.604. The largest absolute Gasteiger partial charge is 0.372 e. The van der Waals surface area contributed by atoms with Gasteiger partial charge in [-0.1, -0.05) is 12.1 Å². The predicted molar refractivity (Wildman–Crippen MR) is 54.1 cm³/mol. The highest BCUT2D eigenvalue weighted by Crippen LogP contribution is 2.23. The maximum absolute atomic E-state index is 11.7. The molecule has 0 aliphatic carbocycles. The predicted octanol–water partition coefficient (Wildman–Crippen LogP) is 1.10. The molecule has 1 aliphatic heterocycles. The first-order valence-electron chi connectivity index (χ1n) is 4.42. The zero-order valence-corrected chi connectivity index (χ0v) is 8.61. The van der Waals surface area contributed by atoms with E-state index in [0.717, 1.165) is 0 Å². The molecule has 0 amide bonds. The summed E-state index contributed by atoms with van der Waals surface area (Å²) in [6.07, 6.45) is 0.00523. The number of epoxide rings is 1. The monoisotopic (exact) mass is 227 g/mol. The highest BCUT2D eigenvalue weighted by atomic mass is 32.2. The van der Waals surface area contributed by atoms with Crippen LogP contribution in [0.4, 0.5) is 5.69 Å². The summed E-state index contributed by atoms with van der Waals surface area (Å²) in [5, 5.41) is 10.7. The molecule has 0 radical (unpaired) electrons. The first kappa shape index (κ1) is 10.3. The molecule has 15 heavy (non-hydrogen) atoms. The third-order valence-corrected chi connectivity index (χ3v) is 3.56. The molecule has 0 bridgehead atoms. The summed E-state index contributed by atoms with van der Waals surface area (Å²) in [5.41, 5.74) is -0.0866. The number of benzene rings is 1. The molecule has 1 saturated heterocycles. The van der Waals surface area contributed by atoms with Crippen LogP contribution in [0.1, 0.15) is 0 Å². The van der Waals surface area contributed by atoms with Crippen molar-refractivity contribution in [1.29, 1.82) is 0 Å². The summed E-state index contributed by atoms with van der Waals surface area (Å²) in [7, 11) is -1.35. The third-order valence-electron chi connectivity index (χ3n) is 2.05. The molecular weight excluding hydrogens is 218 g/mol. The third kappa shape index (κ3) is 2.40. The van der Waals surface area contributed by atoms with E-state index < -0.39 is 15.7 Å². The fraction of sp³-hybridized carbons (Fsp3) is 0.333. The van der Waals surface area contributed by atoms with E-state index in [0.29, 0.717) is 12.4 Å². The van der Waals surface area contributed by atoms with Gasteiger partial charge in [0.2, 0.25) is 0 Å². The fourth-order valence-corrected chi connectivity index (χ4v) is 2.54. The van der Waals surface area contributed by atoms with Gasteiger partial charge in [0.25, 0.3) is 5.69 Å². The summed E-state index contributed by atoms with van der Waals surface area (Å²) >= 11 is 0. The Morgan fingerprint density at radius 3 is 2.80 bits per heavy atom. The van der Waals surface area contributed by atoms with Crippen molar-refractivity contribution in [1.82, 2.24) is 0 Å². The van der Waals surface area contributed by atoms with Crippen molar-refractivity contribution >= 4 is 16.5 Å². The molecule has 1 fully saturated rings. The topological polar surface area (TPSA) is 72.7 Å². The summed E-state index contributed by atoms with van der Waals surface area (Å²) < 4.78 is 16.7. The van der Waals surface area contributed by atoms with Gasteiger partial charge in [0.1, 0.15) is 4.90 Å². The van der Waals surface area contributed by atoms with Crippen molar-refractivity contribution in [2.24, 2.45) is 0 Å². The number of hydrogen-bond donors (Lipinski definition) is 0. The zero-order valence-electron chi connectivity index (χ0n) is 7.79. The number of hydrogen-bond acceptors (Lipinski definition) is 4. The van der Waals surface area contributed by atoms with Crippen molar-refractivity contribution < 1.29 is 13.9 Å². The average Bonchev–Trinajstić information content (AvgIpc) is 3.01. The Morgan fingerprint density at radius 1 is 1.53 bits per heavy atom. The summed E-state index contributed by atoms with van der Waals surface area (Å²) in [5.74, 6) is 0.338. The Morgan fingerprint density at radius 2 is 2.20 bits per heavy atom. The molecule has 2 rings (SSSR count). The zero-order chi connectivity index (χ0) is 10.8. The van der Waals surface area contributed by atoms with Crippen LogP contribution in [-0.2, 0) is 15.5 Å². The minimum Gasteiger partial charge on any atom is -0.372 e. The first-order valence-corrected chi connectivity index (χ1v) is 5.74. The standard InChI is InChI=1S/C9H9NO4S/c11-10(12)8-3-1-2-4-9(8)15(13)6-7-5-14-7/h1-4,7H,5-6H2. The Labute approximate surface area is 88.7 Å². The van der Waals surface area contributed by atoms with E-state index in [1.54, 1.807) is 12.1 Å². The van der Waals surface area contributed by atoms with E-state index in [4.69, 9.17) is 4.74 Å². The second-order valence-electron chi connectivity index (χ2n) is 3.19. The molecule has 0 aromatic heterocycles. The number of nitrogens with zero attached hydrogens (tertiary/aromatic N) is 1. The van der Waals surface area contributed by atoms with Gasteiger partial charge >= 0.3 is 0 Å². The Balaban J connectivity index is 2.24. The normalized spacial score (nSPS) is 20.9. The lowest BCUT2D eigenvalue weighted by Crippen LogP contribution is -2.06. The number of para-hydroxylation sites is 1. The molecule has 0 saturated carbocycles. The van der Waals surface area contributed by atoms with E-state index >= 15 is 0 Å². The van der Waals surface area contributed by atoms with Crippen LogP contribution in [0.25, 0.3) is 0 Å². The lowest BCUT2D eigenvalue weighted by molar-refractivity contribution is -0.387. The molecule has 1 aromatic carbocycles. The van der Waals surface area contributed by atoms with Gasteiger partial charge in [-0.25, -0.2) is 0 Å². The highest BCUT2D eigenvalue weighted by Gasteiger charge is 2.28. The molecule has 2 unspecified atom stereocenters. The first-order chi connectivity index (χ1) is 7.18. The van der Waals surface area contributed by atoms with E-state index in [2.05, 4.69) is 0 Å². The smallest absolute Gasteiger partial charge is 0.285 e. The van der Waals surface area contributed by atoms with Gasteiger partial charge in [-0.2, -0.15) is 0 Å². The molecule has 1 aromatic rings. The lowest BCUT2D eigenvalue weighted by atomic mass is 10.3. The molecule has 5 nitrogen and oxygen atoms in total. The molecular formula is C9H9NO4S. The van der Waals surface area contributed by atoms with Crippen molar-refractivity contribution in [3.63, 3.8) is 0 Å². The maximum atomic E-state index is 11.7. The van der Waals surface area contributed by atoms with Crippen molar-refractivity contribution in [3.05, 3.63) is 34.4 Å². The Bertz CT molecular complexity index is 416. The molecule has 80 valence electrons. The van der Waals surface area contributed by atoms with Gasteiger partial charge in [0.05, 0.1) is 34.2 Å². The van der Waals surface area contributed by atoms with Gasteiger partial charge in [-0.15, -0.1) is 0 Å². The molecule has 2 atom stereocenters. The maximum Gasteiger partial charge on any atom is 0.285 e. The van der Waals surface area contributed by atoms with Crippen LogP contribution in [0, 0.1) is 10.1 Å². The minimum absolute atomic E-state index is 0.00523. The van der Waals surface area contributed by atoms with Crippen LogP contribution in [0.15, 0.2) is 29.2 Å². The minimum atomic E-state index is -1.35. The van der Waals surface area contributed by atoms with E-state index in [1.165, 1.54) is 12.1 Å². The molecule has 0 spiro atoms. The number of nitro groups is 1. The summed E-state index contributed by atoms with van der Waals surface area (Å²) in [4.78, 5) is 10.4. The van der Waals surface area contributed by atoms with Crippen LogP contribution < -0.4 is 0 Å². The van der Waals surface area contributed by atoms with Crippen molar-refractivity contribution in [2.45, 2.75) is 11.0 Å². The second-order valence-corrected chi connectivity index (χ2v) is 4.66. The highest BCUT2D eigenvalue weighted by molar-refractivity contribution is 7.85. The van der Waals surface area contributed by atoms with Gasteiger partial charge in [-0.05, 0) is 6.07 Å². The SMILES string of the molecule is O=[N+]([O-])c1ccccc1S(=O)CC1CO1. The van der Waals surface area contributed by atoms with Gasteiger partial charge in [-0.3, -0.25) is 14.3 Å². The Hall–Kier alpha value is -1.27. The molecule has 1 aliphatic rings.